The molecule has 0 unspecified atom stereocenters. The summed E-state index contributed by atoms with van der Waals surface area (Å²) in [7, 11) is 0. The highest BCUT2D eigenvalue weighted by molar-refractivity contribution is 4.80. The van der Waals surface area contributed by atoms with Crippen LogP contribution in [0.25, 0.3) is 0 Å². The fraction of sp³-hybridized carbons (Fsp3) is 0.571. The van der Waals surface area contributed by atoms with Gasteiger partial charge in [-0.1, -0.05) is 0 Å². The maximum atomic E-state index is 5.39. The molecule has 0 aliphatic rings. The highest BCUT2D eigenvalue weighted by Crippen LogP contribution is 2.05. The second-order valence-electron chi connectivity index (χ2n) is 2.41. The van der Waals surface area contributed by atoms with Gasteiger partial charge < -0.3 is 5.73 Å². The van der Waals surface area contributed by atoms with Crippen molar-refractivity contribution in [1.82, 2.24) is 9.78 Å². The smallest absolute Gasteiger partial charge is 0.0503 e. The minimum Gasteiger partial charge on any atom is -0.330 e. The maximum absolute atomic E-state index is 5.39. The summed E-state index contributed by atoms with van der Waals surface area (Å²) in [5.74, 6) is 0. The van der Waals surface area contributed by atoms with Gasteiger partial charge in [-0.3, -0.25) is 4.68 Å². The zero-order valence-corrected chi connectivity index (χ0v) is 6.20. The molecule has 0 fully saturated rings. The molecule has 1 heterocycles. The van der Waals surface area contributed by atoms with Crippen LogP contribution in [-0.2, 0) is 0 Å². The van der Waals surface area contributed by atoms with E-state index in [0.29, 0.717) is 6.04 Å². The van der Waals surface area contributed by atoms with E-state index in [2.05, 4.69) is 12.0 Å². The fourth-order valence-corrected chi connectivity index (χ4v) is 0.915. The number of aromatic nitrogens is 2. The Kier molecular flexibility index (Phi) is 2.45. The Morgan fingerprint density at radius 1 is 1.70 bits per heavy atom. The molecule has 0 aliphatic carbocycles. The molecule has 0 saturated carbocycles. The summed E-state index contributed by atoms with van der Waals surface area (Å²) in [6.07, 6.45) is 4.73. The van der Waals surface area contributed by atoms with Crippen LogP contribution in [0.4, 0.5) is 0 Å². The molecule has 1 rings (SSSR count). The zero-order chi connectivity index (χ0) is 7.40. The topological polar surface area (TPSA) is 43.8 Å². The average molecular weight is 139 g/mol. The van der Waals surface area contributed by atoms with E-state index in [4.69, 9.17) is 5.73 Å². The largest absolute Gasteiger partial charge is 0.330 e. The molecule has 0 aromatic carbocycles. The van der Waals surface area contributed by atoms with E-state index in [1.807, 2.05) is 16.9 Å². The molecule has 10 heavy (non-hydrogen) atoms. The lowest BCUT2D eigenvalue weighted by molar-refractivity contribution is 0.465. The summed E-state index contributed by atoms with van der Waals surface area (Å²) in [6.45, 7) is 2.83. The quantitative estimate of drug-likeness (QED) is 0.673. The van der Waals surface area contributed by atoms with Crippen molar-refractivity contribution in [3.63, 3.8) is 0 Å². The van der Waals surface area contributed by atoms with Crippen LogP contribution < -0.4 is 5.73 Å². The number of rotatable bonds is 3. The van der Waals surface area contributed by atoms with Gasteiger partial charge in [0, 0.05) is 12.4 Å². The van der Waals surface area contributed by atoms with E-state index in [9.17, 15) is 0 Å². The molecule has 0 spiro atoms. The first-order valence-corrected chi connectivity index (χ1v) is 3.54. The summed E-state index contributed by atoms with van der Waals surface area (Å²) < 4.78 is 1.92. The van der Waals surface area contributed by atoms with E-state index >= 15 is 0 Å². The van der Waals surface area contributed by atoms with Crippen LogP contribution >= 0.6 is 0 Å². The molecule has 0 aliphatic heterocycles. The van der Waals surface area contributed by atoms with Gasteiger partial charge in [-0.25, -0.2) is 0 Å². The monoisotopic (exact) mass is 139 g/mol. The van der Waals surface area contributed by atoms with Crippen molar-refractivity contribution in [3.05, 3.63) is 18.5 Å². The second kappa shape index (κ2) is 3.37. The predicted molar refractivity (Wildman–Crippen MR) is 40.6 cm³/mol. The third-order valence-corrected chi connectivity index (χ3v) is 1.56. The molecule has 1 aromatic heterocycles. The van der Waals surface area contributed by atoms with Crippen LogP contribution in [0, 0.1) is 0 Å². The molecule has 1 atom stereocenters. The highest BCUT2D eigenvalue weighted by Gasteiger charge is 2.00. The molecular formula is C7H13N3. The van der Waals surface area contributed by atoms with E-state index in [1.54, 1.807) is 6.20 Å². The Labute approximate surface area is 60.8 Å². The molecule has 0 bridgehead atoms. The maximum Gasteiger partial charge on any atom is 0.0503 e. The van der Waals surface area contributed by atoms with E-state index in [0.717, 1.165) is 13.0 Å². The first kappa shape index (κ1) is 7.28. The Bertz CT molecular complexity index is 169. The van der Waals surface area contributed by atoms with Gasteiger partial charge in [-0.2, -0.15) is 5.10 Å². The second-order valence-corrected chi connectivity index (χ2v) is 2.41. The normalized spacial score (nSPS) is 13.4. The Hall–Kier alpha value is -0.830. The van der Waals surface area contributed by atoms with Gasteiger partial charge >= 0.3 is 0 Å². The lowest BCUT2D eigenvalue weighted by Crippen LogP contribution is -2.11. The Morgan fingerprint density at radius 3 is 3.00 bits per heavy atom. The minimum atomic E-state index is 0.431. The lowest BCUT2D eigenvalue weighted by Gasteiger charge is -2.09. The summed E-state index contributed by atoms with van der Waals surface area (Å²) >= 11 is 0. The summed E-state index contributed by atoms with van der Waals surface area (Å²) in [5, 5.41) is 4.10. The van der Waals surface area contributed by atoms with E-state index < -0.39 is 0 Å². The summed E-state index contributed by atoms with van der Waals surface area (Å²) in [4.78, 5) is 0. The third-order valence-electron chi connectivity index (χ3n) is 1.56. The Balaban J connectivity index is 2.50. The van der Waals surface area contributed by atoms with Gasteiger partial charge in [-0.05, 0) is 26.0 Å². The lowest BCUT2D eigenvalue weighted by atomic mass is 10.2. The number of hydrogen-bond acceptors (Lipinski definition) is 2. The van der Waals surface area contributed by atoms with Crippen LogP contribution in [0.2, 0.25) is 0 Å². The minimum absolute atomic E-state index is 0.431. The van der Waals surface area contributed by atoms with Gasteiger partial charge in [0.15, 0.2) is 0 Å². The van der Waals surface area contributed by atoms with Gasteiger partial charge in [0.2, 0.25) is 0 Å². The van der Waals surface area contributed by atoms with Crippen molar-refractivity contribution >= 4 is 0 Å². The molecule has 0 radical (unpaired) electrons. The van der Waals surface area contributed by atoms with E-state index in [1.165, 1.54) is 0 Å². The van der Waals surface area contributed by atoms with Gasteiger partial charge in [0.1, 0.15) is 0 Å². The van der Waals surface area contributed by atoms with Gasteiger partial charge in [0.05, 0.1) is 6.04 Å². The highest BCUT2D eigenvalue weighted by atomic mass is 15.3. The molecule has 2 N–H and O–H groups in total. The SMILES string of the molecule is C[C@@H](CCN)n1cccn1. The van der Waals surface area contributed by atoms with Crippen LogP contribution in [0.3, 0.4) is 0 Å². The Morgan fingerprint density at radius 2 is 2.50 bits per heavy atom. The third kappa shape index (κ3) is 1.57. The van der Waals surface area contributed by atoms with Crippen LogP contribution in [0.1, 0.15) is 19.4 Å². The number of nitrogens with zero attached hydrogens (tertiary/aromatic N) is 2. The van der Waals surface area contributed by atoms with Crippen LogP contribution in [0.5, 0.6) is 0 Å². The molecule has 1 aromatic rings. The van der Waals surface area contributed by atoms with Crippen molar-refractivity contribution in [2.75, 3.05) is 6.54 Å². The standard InChI is InChI=1S/C7H13N3/c1-7(3-4-8)10-6-2-5-9-10/h2,5-7H,3-4,8H2,1H3/t7-/m0/s1. The number of hydrogen-bond donors (Lipinski definition) is 1. The predicted octanol–water partition coefficient (Wildman–Crippen LogP) is 0.793. The summed E-state index contributed by atoms with van der Waals surface area (Å²) in [5.41, 5.74) is 5.39. The molecule has 0 saturated heterocycles. The first-order valence-electron chi connectivity index (χ1n) is 3.54. The average Bonchev–Trinajstić information content (AvgIpc) is 2.38. The van der Waals surface area contributed by atoms with Crippen molar-refractivity contribution < 1.29 is 0 Å². The molecule has 3 nitrogen and oxygen atoms in total. The molecular weight excluding hydrogens is 126 g/mol. The molecule has 56 valence electrons. The van der Waals surface area contributed by atoms with E-state index in [-0.39, 0.29) is 0 Å². The summed E-state index contributed by atoms with van der Waals surface area (Å²) in [6, 6.07) is 2.35. The van der Waals surface area contributed by atoms with Crippen molar-refractivity contribution in [2.24, 2.45) is 5.73 Å². The van der Waals surface area contributed by atoms with Gasteiger partial charge in [-0.15, -0.1) is 0 Å². The van der Waals surface area contributed by atoms with Crippen molar-refractivity contribution in [1.29, 1.82) is 0 Å². The zero-order valence-electron chi connectivity index (χ0n) is 6.20. The first-order chi connectivity index (χ1) is 4.84. The van der Waals surface area contributed by atoms with Crippen molar-refractivity contribution in [3.8, 4) is 0 Å². The molecule has 3 heteroatoms. The fourth-order valence-electron chi connectivity index (χ4n) is 0.915. The van der Waals surface area contributed by atoms with Crippen LogP contribution in [0.15, 0.2) is 18.5 Å². The number of nitrogens with two attached hydrogens (primary N) is 1. The van der Waals surface area contributed by atoms with Gasteiger partial charge in [0.25, 0.3) is 0 Å². The van der Waals surface area contributed by atoms with Crippen LogP contribution in [-0.4, -0.2) is 16.3 Å². The molecule has 0 amide bonds. The van der Waals surface area contributed by atoms with Crippen molar-refractivity contribution in [2.45, 2.75) is 19.4 Å².